The highest BCUT2D eigenvalue weighted by Crippen LogP contribution is 1.97. The van der Waals surface area contributed by atoms with Crippen molar-refractivity contribution in [1.82, 2.24) is 5.32 Å². The van der Waals surface area contributed by atoms with Gasteiger partial charge in [-0.2, -0.15) is 5.26 Å². The Morgan fingerprint density at radius 1 is 1.64 bits per heavy atom. The highest BCUT2D eigenvalue weighted by molar-refractivity contribution is 4.87. The number of nitrogens with zero attached hydrogens (tertiary/aromatic N) is 1. The van der Waals surface area contributed by atoms with Gasteiger partial charge in [0.25, 0.3) is 0 Å². The maximum atomic E-state index is 8.63. The molecule has 2 unspecified atom stereocenters. The van der Waals surface area contributed by atoms with Gasteiger partial charge >= 0.3 is 0 Å². The zero-order valence-corrected chi connectivity index (χ0v) is 7.17. The molecule has 64 valence electrons. The molecule has 0 saturated carbocycles. The monoisotopic (exact) mass is 156 g/mol. The van der Waals surface area contributed by atoms with Gasteiger partial charge in [0.05, 0.1) is 12.1 Å². The summed E-state index contributed by atoms with van der Waals surface area (Å²) in [6.07, 6.45) is 1.68. The predicted octanol–water partition coefficient (Wildman–Crippen LogP) is 0.649. The summed E-state index contributed by atoms with van der Waals surface area (Å²) >= 11 is 0. The fourth-order valence-electron chi connectivity index (χ4n) is 0.952. The number of rotatable bonds is 5. The van der Waals surface area contributed by atoms with E-state index in [-0.39, 0.29) is 18.7 Å². The van der Waals surface area contributed by atoms with Crippen LogP contribution in [-0.4, -0.2) is 23.8 Å². The van der Waals surface area contributed by atoms with Crippen molar-refractivity contribution in [3.05, 3.63) is 0 Å². The first kappa shape index (κ1) is 10.4. The van der Waals surface area contributed by atoms with E-state index in [1.54, 1.807) is 0 Å². The molecule has 0 saturated heterocycles. The van der Waals surface area contributed by atoms with Crippen molar-refractivity contribution in [2.75, 3.05) is 6.61 Å². The molecule has 0 aromatic rings. The van der Waals surface area contributed by atoms with Crippen molar-refractivity contribution in [1.29, 1.82) is 5.26 Å². The molecule has 0 heterocycles. The maximum absolute atomic E-state index is 8.63. The number of hydrogen-bond acceptors (Lipinski definition) is 3. The zero-order valence-electron chi connectivity index (χ0n) is 7.17. The number of nitrogens with one attached hydrogen (secondary N) is 1. The van der Waals surface area contributed by atoms with E-state index in [0.717, 1.165) is 12.8 Å². The van der Waals surface area contributed by atoms with Gasteiger partial charge in [0, 0.05) is 12.6 Å². The summed E-state index contributed by atoms with van der Waals surface area (Å²) < 4.78 is 0. The molecular formula is C8H16N2O. The lowest BCUT2D eigenvalue weighted by atomic mass is 10.1. The van der Waals surface area contributed by atoms with Gasteiger partial charge in [-0.3, -0.25) is 5.32 Å². The van der Waals surface area contributed by atoms with Gasteiger partial charge in [0.15, 0.2) is 0 Å². The molecule has 0 bridgehead atoms. The first-order chi connectivity index (χ1) is 5.24. The predicted molar refractivity (Wildman–Crippen MR) is 44.0 cm³/mol. The molecule has 0 spiro atoms. The molecule has 0 aromatic carbocycles. The van der Waals surface area contributed by atoms with Crippen LogP contribution in [0, 0.1) is 11.3 Å². The van der Waals surface area contributed by atoms with E-state index in [9.17, 15) is 0 Å². The highest BCUT2D eigenvalue weighted by atomic mass is 16.3. The van der Waals surface area contributed by atoms with Crippen molar-refractivity contribution in [2.45, 2.75) is 38.8 Å². The molecule has 0 aliphatic rings. The molecule has 2 atom stereocenters. The quantitative estimate of drug-likeness (QED) is 0.614. The molecule has 0 amide bonds. The van der Waals surface area contributed by atoms with Crippen LogP contribution in [0.2, 0.25) is 0 Å². The van der Waals surface area contributed by atoms with Gasteiger partial charge in [0.1, 0.15) is 0 Å². The topological polar surface area (TPSA) is 56.0 Å². The Kier molecular flexibility index (Phi) is 5.81. The largest absolute Gasteiger partial charge is 0.396 e. The van der Waals surface area contributed by atoms with Crippen LogP contribution in [0.1, 0.15) is 26.7 Å². The van der Waals surface area contributed by atoms with Crippen molar-refractivity contribution in [3.63, 3.8) is 0 Å². The summed E-state index contributed by atoms with van der Waals surface area (Å²) in [5.74, 6) is 0. The second-order valence-corrected chi connectivity index (χ2v) is 2.63. The lowest BCUT2D eigenvalue weighted by molar-refractivity contribution is 0.260. The molecule has 0 aliphatic heterocycles. The first-order valence-corrected chi connectivity index (χ1v) is 4.01. The minimum absolute atomic E-state index is 0.119. The molecule has 0 radical (unpaired) electrons. The number of nitriles is 1. The molecule has 0 rings (SSSR count). The lowest BCUT2D eigenvalue weighted by Crippen LogP contribution is -2.35. The Morgan fingerprint density at radius 2 is 2.27 bits per heavy atom. The van der Waals surface area contributed by atoms with E-state index in [1.807, 2.05) is 13.8 Å². The fourth-order valence-corrected chi connectivity index (χ4v) is 0.952. The van der Waals surface area contributed by atoms with Crippen molar-refractivity contribution >= 4 is 0 Å². The van der Waals surface area contributed by atoms with Gasteiger partial charge in [0.2, 0.25) is 0 Å². The normalized spacial score (nSPS) is 15.5. The lowest BCUT2D eigenvalue weighted by Gasteiger charge is -2.16. The van der Waals surface area contributed by atoms with Crippen molar-refractivity contribution in [2.24, 2.45) is 0 Å². The van der Waals surface area contributed by atoms with Crippen LogP contribution in [0.25, 0.3) is 0 Å². The van der Waals surface area contributed by atoms with Crippen LogP contribution < -0.4 is 5.32 Å². The molecule has 0 aliphatic carbocycles. The Balaban J connectivity index is 3.60. The van der Waals surface area contributed by atoms with Crippen LogP contribution in [0.15, 0.2) is 0 Å². The molecule has 2 N–H and O–H groups in total. The van der Waals surface area contributed by atoms with E-state index in [0.29, 0.717) is 0 Å². The highest BCUT2D eigenvalue weighted by Gasteiger charge is 2.07. The third kappa shape index (κ3) is 4.77. The average Bonchev–Trinajstić information content (AvgIpc) is 2.03. The Labute approximate surface area is 68.0 Å². The van der Waals surface area contributed by atoms with E-state index in [4.69, 9.17) is 10.4 Å². The molecule has 0 aromatic heterocycles. The number of aliphatic hydroxyl groups is 1. The van der Waals surface area contributed by atoms with Crippen LogP contribution in [-0.2, 0) is 0 Å². The van der Waals surface area contributed by atoms with Gasteiger partial charge < -0.3 is 5.11 Å². The van der Waals surface area contributed by atoms with Gasteiger partial charge in [-0.05, 0) is 19.8 Å². The molecule has 3 heteroatoms. The molecular weight excluding hydrogens is 140 g/mol. The second kappa shape index (κ2) is 6.14. The molecule has 3 nitrogen and oxygen atoms in total. The SMILES string of the molecule is CCC(CCO)NC(C)C#N. The Bertz CT molecular complexity index is 131. The van der Waals surface area contributed by atoms with Crippen LogP contribution in [0.4, 0.5) is 0 Å². The summed E-state index contributed by atoms with van der Waals surface area (Å²) in [5, 5.41) is 20.2. The van der Waals surface area contributed by atoms with Gasteiger partial charge in [-0.15, -0.1) is 0 Å². The minimum atomic E-state index is -0.119. The van der Waals surface area contributed by atoms with Crippen LogP contribution in [0.5, 0.6) is 0 Å². The molecule has 11 heavy (non-hydrogen) atoms. The molecule has 0 fully saturated rings. The third-order valence-electron chi connectivity index (χ3n) is 1.65. The third-order valence-corrected chi connectivity index (χ3v) is 1.65. The van der Waals surface area contributed by atoms with E-state index < -0.39 is 0 Å². The van der Waals surface area contributed by atoms with E-state index in [2.05, 4.69) is 11.4 Å². The van der Waals surface area contributed by atoms with Crippen LogP contribution in [0.3, 0.4) is 0 Å². The number of hydrogen-bond donors (Lipinski definition) is 2. The average molecular weight is 156 g/mol. The van der Waals surface area contributed by atoms with Gasteiger partial charge in [-0.1, -0.05) is 6.92 Å². The minimum Gasteiger partial charge on any atom is -0.396 e. The van der Waals surface area contributed by atoms with Crippen LogP contribution >= 0.6 is 0 Å². The summed E-state index contributed by atoms with van der Waals surface area (Å²) in [6, 6.07) is 2.25. The second-order valence-electron chi connectivity index (χ2n) is 2.63. The smallest absolute Gasteiger partial charge is 0.0926 e. The number of aliphatic hydroxyl groups excluding tert-OH is 1. The zero-order chi connectivity index (χ0) is 8.69. The maximum Gasteiger partial charge on any atom is 0.0926 e. The summed E-state index contributed by atoms with van der Waals surface area (Å²) in [7, 11) is 0. The summed E-state index contributed by atoms with van der Waals surface area (Å²) in [6.45, 7) is 4.04. The van der Waals surface area contributed by atoms with Gasteiger partial charge in [-0.25, -0.2) is 0 Å². The van der Waals surface area contributed by atoms with Crippen molar-refractivity contribution < 1.29 is 5.11 Å². The summed E-state index contributed by atoms with van der Waals surface area (Å²) in [5.41, 5.74) is 0. The van der Waals surface area contributed by atoms with E-state index >= 15 is 0 Å². The fraction of sp³-hybridized carbons (Fsp3) is 0.875. The Morgan fingerprint density at radius 3 is 2.64 bits per heavy atom. The standard InChI is InChI=1S/C8H16N2O/c1-3-8(4-5-11)10-7(2)6-9/h7-8,10-11H,3-5H2,1-2H3. The Hall–Kier alpha value is -0.590. The van der Waals surface area contributed by atoms with Crippen molar-refractivity contribution in [3.8, 4) is 6.07 Å². The summed E-state index contributed by atoms with van der Waals surface area (Å²) in [4.78, 5) is 0. The van der Waals surface area contributed by atoms with E-state index in [1.165, 1.54) is 0 Å². The first-order valence-electron chi connectivity index (χ1n) is 4.01.